The lowest BCUT2D eigenvalue weighted by atomic mass is 9.95. The summed E-state index contributed by atoms with van der Waals surface area (Å²) >= 11 is 1.63. The molecular weight excluding hydrogens is 445 g/mol. The minimum atomic E-state index is -4.65. The van der Waals surface area contributed by atoms with Gasteiger partial charge in [-0.25, -0.2) is 0 Å². The third-order valence-electron chi connectivity index (χ3n) is 5.67. The molecule has 2 aromatic rings. The SMILES string of the molecule is CN(C)C(CNC(=O)C1CCN(c2ccc(C(F)(F)F)cc2[N+](=O)[O-])CC1)c1cccs1. The second-order valence-corrected chi connectivity index (χ2v) is 8.94. The molecule has 1 fully saturated rings. The van der Waals surface area contributed by atoms with Crippen LogP contribution in [0, 0.1) is 16.0 Å². The number of piperidine rings is 1. The number of anilines is 1. The molecule has 0 radical (unpaired) electrons. The number of nitrogens with one attached hydrogen (secondary N) is 1. The summed E-state index contributed by atoms with van der Waals surface area (Å²) in [5.41, 5.74) is -1.48. The zero-order valence-electron chi connectivity index (χ0n) is 17.8. The van der Waals surface area contributed by atoms with Crippen LogP contribution in [-0.2, 0) is 11.0 Å². The zero-order chi connectivity index (χ0) is 23.5. The molecule has 174 valence electrons. The van der Waals surface area contributed by atoms with E-state index in [1.54, 1.807) is 16.2 Å². The smallest absolute Gasteiger partial charge is 0.366 e. The maximum Gasteiger partial charge on any atom is 0.416 e. The van der Waals surface area contributed by atoms with E-state index in [4.69, 9.17) is 0 Å². The fourth-order valence-electron chi connectivity index (χ4n) is 3.86. The van der Waals surface area contributed by atoms with Crippen molar-refractivity contribution in [3.05, 3.63) is 56.3 Å². The van der Waals surface area contributed by atoms with Gasteiger partial charge in [0.2, 0.25) is 5.91 Å². The van der Waals surface area contributed by atoms with Crippen LogP contribution in [0.1, 0.15) is 29.3 Å². The van der Waals surface area contributed by atoms with Gasteiger partial charge < -0.3 is 15.1 Å². The van der Waals surface area contributed by atoms with Crippen LogP contribution in [0.15, 0.2) is 35.7 Å². The molecule has 1 unspecified atom stereocenters. The number of rotatable bonds is 7. The first-order valence-electron chi connectivity index (χ1n) is 10.2. The molecule has 1 aromatic carbocycles. The average molecular weight is 471 g/mol. The summed E-state index contributed by atoms with van der Waals surface area (Å²) in [6.45, 7) is 1.18. The van der Waals surface area contributed by atoms with Crippen molar-refractivity contribution in [2.45, 2.75) is 25.1 Å². The maximum atomic E-state index is 12.9. The number of amides is 1. The first-order chi connectivity index (χ1) is 15.1. The van der Waals surface area contributed by atoms with Gasteiger partial charge in [0.05, 0.1) is 16.5 Å². The van der Waals surface area contributed by atoms with Crippen LogP contribution in [0.3, 0.4) is 0 Å². The van der Waals surface area contributed by atoms with E-state index in [2.05, 4.69) is 5.32 Å². The van der Waals surface area contributed by atoms with E-state index in [9.17, 15) is 28.1 Å². The van der Waals surface area contributed by atoms with Crippen LogP contribution >= 0.6 is 11.3 Å². The van der Waals surface area contributed by atoms with Gasteiger partial charge in [0.1, 0.15) is 5.69 Å². The Labute approximate surface area is 188 Å². The third kappa shape index (κ3) is 5.57. The van der Waals surface area contributed by atoms with E-state index >= 15 is 0 Å². The van der Waals surface area contributed by atoms with E-state index in [0.717, 1.165) is 17.0 Å². The van der Waals surface area contributed by atoms with Crippen molar-refractivity contribution in [2.24, 2.45) is 5.92 Å². The van der Waals surface area contributed by atoms with Gasteiger partial charge in [0.25, 0.3) is 5.69 Å². The number of hydrogen-bond acceptors (Lipinski definition) is 6. The standard InChI is InChI=1S/C21H25F3N4O3S/c1-26(2)18(19-4-3-11-32-19)13-25-20(29)14-7-9-27(10-8-14)16-6-5-15(21(22,23)24)12-17(16)28(30)31/h3-6,11-12,14,18H,7-10,13H2,1-2H3,(H,25,29). The summed E-state index contributed by atoms with van der Waals surface area (Å²) in [5.74, 6) is -0.319. The number of halogens is 3. The number of thiophene rings is 1. The van der Waals surface area contributed by atoms with E-state index in [1.807, 2.05) is 36.5 Å². The van der Waals surface area contributed by atoms with Gasteiger partial charge in [0, 0.05) is 36.5 Å². The molecule has 7 nitrogen and oxygen atoms in total. The van der Waals surface area contributed by atoms with Gasteiger partial charge in [-0.05, 0) is 50.5 Å². The Morgan fingerprint density at radius 3 is 2.53 bits per heavy atom. The van der Waals surface area contributed by atoms with Crippen molar-refractivity contribution in [1.82, 2.24) is 10.2 Å². The maximum absolute atomic E-state index is 12.9. The molecule has 1 N–H and O–H groups in total. The minimum absolute atomic E-state index is 0.0637. The highest BCUT2D eigenvalue weighted by Crippen LogP contribution is 2.37. The average Bonchev–Trinajstić information content (AvgIpc) is 3.27. The van der Waals surface area contributed by atoms with Gasteiger partial charge >= 0.3 is 6.18 Å². The Bertz CT molecular complexity index is 942. The Kier molecular flexibility index (Phi) is 7.40. The Morgan fingerprint density at radius 1 is 1.31 bits per heavy atom. The molecule has 1 aliphatic heterocycles. The van der Waals surface area contributed by atoms with Crippen molar-refractivity contribution < 1.29 is 22.9 Å². The molecular formula is C21H25F3N4O3S. The van der Waals surface area contributed by atoms with Crippen molar-refractivity contribution in [1.29, 1.82) is 0 Å². The fraction of sp³-hybridized carbons (Fsp3) is 0.476. The van der Waals surface area contributed by atoms with Crippen LogP contribution in [-0.4, -0.2) is 49.5 Å². The Balaban J connectivity index is 1.61. The van der Waals surface area contributed by atoms with Crippen LogP contribution in [0.5, 0.6) is 0 Å². The number of nitro benzene ring substituents is 1. The second-order valence-electron chi connectivity index (χ2n) is 7.96. The Hall–Kier alpha value is -2.66. The van der Waals surface area contributed by atoms with Gasteiger partial charge in [-0.2, -0.15) is 13.2 Å². The summed E-state index contributed by atoms with van der Waals surface area (Å²) in [5, 5.41) is 16.4. The van der Waals surface area contributed by atoms with Crippen LogP contribution < -0.4 is 10.2 Å². The van der Waals surface area contributed by atoms with Gasteiger partial charge in [0.15, 0.2) is 0 Å². The van der Waals surface area contributed by atoms with Crippen LogP contribution in [0.2, 0.25) is 0 Å². The minimum Gasteiger partial charge on any atom is -0.366 e. The lowest BCUT2D eigenvalue weighted by Gasteiger charge is -2.33. The van der Waals surface area contributed by atoms with Crippen LogP contribution in [0.25, 0.3) is 0 Å². The number of benzene rings is 1. The molecule has 0 bridgehead atoms. The Morgan fingerprint density at radius 2 is 2.00 bits per heavy atom. The molecule has 1 aromatic heterocycles. The predicted molar refractivity (Wildman–Crippen MR) is 117 cm³/mol. The molecule has 11 heteroatoms. The van der Waals surface area contributed by atoms with Gasteiger partial charge in [-0.3, -0.25) is 14.9 Å². The quantitative estimate of drug-likeness (QED) is 0.482. The molecule has 1 saturated heterocycles. The van der Waals surface area contributed by atoms with Gasteiger partial charge in [-0.15, -0.1) is 11.3 Å². The third-order valence-corrected chi connectivity index (χ3v) is 6.64. The van der Waals surface area contributed by atoms with Crippen molar-refractivity contribution in [2.75, 3.05) is 38.6 Å². The first-order valence-corrected chi connectivity index (χ1v) is 11.0. The number of nitrogens with zero attached hydrogens (tertiary/aromatic N) is 3. The van der Waals surface area contributed by atoms with Gasteiger partial charge in [-0.1, -0.05) is 6.07 Å². The molecule has 1 atom stereocenters. The van der Waals surface area contributed by atoms with Crippen LogP contribution in [0.4, 0.5) is 24.5 Å². The molecule has 1 aliphatic rings. The number of likely N-dealkylation sites (N-methyl/N-ethyl adjacent to an activating group) is 1. The number of alkyl halides is 3. The molecule has 1 amide bonds. The topological polar surface area (TPSA) is 78.7 Å². The molecule has 32 heavy (non-hydrogen) atoms. The second kappa shape index (κ2) is 9.86. The largest absolute Gasteiger partial charge is 0.416 e. The summed E-state index contributed by atoms with van der Waals surface area (Å²) < 4.78 is 38.8. The van der Waals surface area contributed by atoms with Crippen molar-refractivity contribution in [3.8, 4) is 0 Å². The molecule has 3 rings (SSSR count). The highest BCUT2D eigenvalue weighted by Gasteiger charge is 2.35. The lowest BCUT2D eigenvalue weighted by Crippen LogP contribution is -2.42. The normalized spacial score (nSPS) is 16.2. The van der Waals surface area contributed by atoms with E-state index < -0.39 is 22.4 Å². The van der Waals surface area contributed by atoms with Crippen molar-refractivity contribution >= 4 is 28.6 Å². The number of carbonyl (C=O) groups is 1. The highest BCUT2D eigenvalue weighted by molar-refractivity contribution is 7.10. The number of hydrogen-bond donors (Lipinski definition) is 1. The van der Waals surface area contributed by atoms with E-state index in [1.165, 1.54) is 0 Å². The summed E-state index contributed by atoms with van der Waals surface area (Å²) in [4.78, 5) is 28.1. The number of carbonyl (C=O) groups excluding carboxylic acids is 1. The van der Waals surface area contributed by atoms with E-state index in [0.29, 0.717) is 38.5 Å². The molecule has 0 aliphatic carbocycles. The monoisotopic (exact) mass is 470 g/mol. The molecule has 2 heterocycles. The number of nitro groups is 1. The molecule has 0 spiro atoms. The summed E-state index contributed by atoms with van der Waals surface area (Å²) in [6.07, 6.45) is -3.72. The fourth-order valence-corrected chi connectivity index (χ4v) is 4.78. The lowest BCUT2D eigenvalue weighted by molar-refractivity contribution is -0.384. The van der Waals surface area contributed by atoms with Crippen molar-refractivity contribution in [3.63, 3.8) is 0 Å². The first kappa shape index (κ1) is 24.0. The summed E-state index contributed by atoms with van der Waals surface area (Å²) in [7, 11) is 3.90. The van der Waals surface area contributed by atoms with E-state index in [-0.39, 0.29) is 23.6 Å². The summed E-state index contributed by atoms with van der Waals surface area (Å²) in [6, 6.07) is 6.62. The molecule has 0 saturated carbocycles. The zero-order valence-corrected chi connectivity index (χ0v) is 18.6. The highest BCUT2D eigenvalue weighted by atomic mass is 32.1. The predicted octanol–water partition coefficient (Wildman–Crippen LogP) is 4.31.